The summed E-state index contributed by atoms with van der Waals surface area (Å²) in [6.45, 7) is 0. The summed E-state index contributed by atoms with van der Waals surface area (Å²) in [6.07, 6.45) is 5.24. The smallest absolute Gasteiger partial charge is 0.243 e. The van der Waals surface area contributed by atoms with Crippen LogP contribution in [0.3, 0.4) is 0 Å². The average Bonchev–Trinajstić information content (AvgIpc) is 2.42. The highest BCUT2D eigenvalue weighted by Gasteiger charge is 2.00. The molecule has 0 aromatic heterocycles. The van der Waals surface area contributed by atoms with Gasteiger partial charge < -0.3 is 0 Å². The monoisotopic (exact) mass is 247 g/mol. The number of allylic oxidation sites excluding steroid dienone is 1. The van der Waals surface area contributed by atoms with Gasteiger partial charge in [-0.2, -0.15) is 0 Å². The van der Waals surface area contributed by atoms with Crippen LogP contribution in [0.25, 0.3) is 6.08 Å². The first kappa shape index (κ1) is 14.1. The Hall–Kier alpha value is -1.94. The van der Waals surface area contributed by atoms with Gasteiger partial charge in [-0.05, 0) is 24.5 Å². The fourth-order valence-corrected chi connectivity index (χ4v) is 1.48. The second-order valence-electron chi connectivity index (χ2n) is 3.95. The van der Waals surface area contributed by atoms with E-state index >= 15 is 0 Å². The highest BCUT2D eigenvalue weighted by Crippen LogP contribution is 2.04. The van der Waals surface area contributed by atoms with Gasteiger partial charge in [0.25, 0.3) is 0 Å². The fraction of sp³-hybridized carbons (Fsp3) is 0.286. The van der Waals surface area contributed by atoms with Gasteiger partial charge in [0.15, 0.2) is 5.78 Å². The van der Waals surface area contributed by atoms with Crippen molar-refractivity contribution in [2.45, 2.75) is 25.7 Å². The minimum Gasteiger partial charge on any atom is -0.295 e. The van der Waals surface area contributed by atoms with E-state index in [1.165, 1.54) is 0 Å². The quantitative estimate of drug-likeness (QED) is 0.336. The average molecular weight is 247 g/mol. The molecule has 1 aromatic rings. The van der Waals surface area contributed by atoms with Crippen molar-refractivity contribution in [1.29, 1.82) is 0 Å². The van der Waals surface area contributed by atoms with E-state index in [0.717, 1.165) is 5.56 Å². The maximum atomic E-state index is 11.5. The number of carbonyl (C=O) groups excluding carboxylic acids is 2. The Morgan fingerprint density at radius 2 is 1.78 bits per heavy atom. The zero-order chi connectivity index (χ0) is 13.2. The van der Waals surface area contributed by atoms with E-state index in [2.05, 4.69) is 0 Å². The second kappa shape index (κ2) is 8.20. The number of ketones is 1. The molecule has 0 bridgehead atoms. The molecule has 0 unspecified atom stereocenters. The first-order valence-electron chi connectivity index (χ1n) is 5.91. The summed E-state index contributed by atoms with van der Waals surface area (Å²) in [4.78, 5) is 22.2. The van der Waals surface area contributed by atoms with E-state index in [0.29, 0.717) is 19.3 Å². The van der Waals surface area contributed by atoms with Gasteiger partial charge in [-0.1, -0.05) is 36.4 Å². The van der Waals surface area contributed by atoms with Gasteiger partial charge in [0.1, 0.15) is 0 Å². The molecule has 0 aliphatic heterocycles. The van der Waals surface area contributed by atoms with Crippen LogP contribution in [0.5, 0.6) is 0 Å². The number of unbranched alkanes of at least 4 members (excludes halogenated alkanes) is 1. The van der Waals surface area contributed by atoms with E-state index in [1.54, 1.807) is 17.6 Å². The summed E-state index contributed by atoms with van der Waals surface area (Å²) < 4.78 is 0. The molecule has 18 heavy (non-hydrogen) atoms. The molecule has 0 spiro atoms. The highest BCUT2D eigenvalue weighted by atomic mass is 16.5. The lowest BCUT2D eigenvalue weighted by molar-refractivity contribution is -0.129. The van der Waals surface area contributed by atoms with Crippen LogP contribution in [0.15, 0.2) is 36.4 Å². The number of hydrogen-bond donors (Lipinski definition) is 2. The standard InChI is InChI=1S/C14H17NO3/c16-13(8-4-5-9-14(17)15-18)11-10-12-6-2-1-3-7-12/h1-3,6-7,10-11,18H,4-5,8-9H2,(H,15,17)/b11-10+. The van der Waals surface area contributed by atoms with Crippen LogP contribution in [0, 0.1) is 0 Å². The summed E-state index contributed by atoms with van der Waals surface area (Å²) in [6, 6.07) is 9.60. The summed E-state index contributed by atoms with van der Waals surface area (Å²) in [5.74, 6) is -0.370. The Morgan fingerprint density at radius 3 is 2.44 bits per heavy atom. The summed E-state index contributed by atoms with van der Waals surface area (Å²) in [7, 11) is 0. The van der Waals surface area contributed by atoms with Crippen molar-refractivity contribution in [3.05, 3.63) is 42.0 Å². The summed E-state index contributed by atoms with van der Waals surface area (Å²) >= 11 is 0. The second-order valence-corrected chi connectivity index (χ2v) is 3.95. The molecule has 4 heteroatoms. The number of hydroxylamine groups is 1. The third-order valence-corrected chi connectivity index (χ3v) is 2.46. The molecule has 0 radical (unpaired) electrons. The van der Waals surface area contributed by atoms with Crippen molar-refractivity contribution in [2.75, 3.05) is 0 Å². The van der Waals surface area contributed by atoms with Crippen LogP contribution >= 0.6 is 0 Å². The number of amides is 1. The molecular weight excluding hydrogens is 230 g/mol. The molecule has 2 N–H and O–H groups in total. The Morgan fingerprint density at radius 1 is 1.11 bits per heavy atom. The van der Waals surface area contributed by atoms with Gasteiger partial charge >= 0.3 is 0 Å². The third kappa shape index (κ3) is 5.96. The summed E-state index contributed by atoms with van der Waals surface area (Å²) in [5, 5.41) is 8.28. The molecule has 0 heterocycles. The lowest BCUT2D eigenvalue weighted by Crippen LogP contribution is -2.17. The minimum absolute atomic E-state index is 0.0447. The van der Waals surface area contributed by atoms with E-state index in [9.17, 15) is 9.59 Å². The topological polar surface area (TPSA) is 66.4 Å². The van der Waals surface area contributed by atoms with E-state index in [-0.39, 0.29) is 12.2 Å². The van der Waals surface area contributed by atoms with Gasteiger partial charge in [-0.15, -0.1) is 0 Å². The zero-order valence-corrected chi connectivity index (χ0v) is 10.1. The van der Waals surface area contributed by atoms with Gasteiger partial charge in [0, 0.05) is 12.8 Å². The Kier molecular flexibility index (Phi) is 6.43. The molecule has 0 atom stereocenters. The molecule has 0 aliphatic rings. The molecule has 0 fully saturated rings. The lowest BCUT2D eigenvalue weighted by atomic mass is 10.1. The number of nitrogens with one attached hydrogen (secondary N) is 1. The Bertz CT molecular complexity index is 412. The molecule has 0 saturated heterocycles. The van der Waals surface area contributed by atoms with E-state index in [4.69, 9.17) is 5.21 Å². The zero-order valence-electron chi connectivity index (χ0n) is 10.1. The molecule has 0 saturated carbocycles. The number of rotatable bonds is 7. The highest BCUT2D eigenvalue weighted by molar-refractivity contribution is 5.93. The van der Waals surface area contributed by atoms with Crippen molar-refractivity contribution in [3.8, 4) is 0 Å². The van der Waals surface area contributed by atoms with Gasteiger partial charge in [-0.3, -0.25) is 14.8 Å². The van der Waals surface area contributed by atoms with Crippen molar-refractivity contribution in [1.82, 2.24) is 5.48 Å². The van der Waals surface area contributed by atoms with Crippen molar-refractivity contribution < 1.29 is 14.8 Å². The number of carbonyl (C=O) groups is 2. The van der Waals surface area contributed by atoms with Gasteiger partial charge in [0.2, 0.25) is 5.91 Å². The maximum absolute atomic E-state index is 11.5. The third-order valence-electron chi connectivity index (χ3n) is 2.46. The van der Waals surface area contributed by atoms with Crippen molar-refractivity contribution in [3.63, 3.8) is 0 Å². The van der Waals surface area contributed by atoms with Gasteiger partial charge in [0.05, 0.1) is 0 Å². The SMILES string of the molecule is O=C(/C=C/c1ccccc1)CCCCC(=O)NO. The predicted molar refractivity (Wildman–Crippen MR) is 68.9 cm³/mol. The number of benzene rings is 1. The van der Waals surface area contributed by atoms with Crippen LogP contribution in [-0.4, -0.2) is 16.9 Å². The van der Waals surface area contributed by atoms with Crippen LogP contribution in [0.1, 0.15) is 31.2 Å². The normalized spacial score (nSPS) is 10.5. The van der Waals surface area contributed by atoms with Crippen LogP contribution in [-0.2, 0) is 9.59 Å². The van der Waals surface area contributed by atoms with E-state index < -0.39 is 5.91 Å². The first-order chi connectivity index (χ1) is 8.72. The first-order valence-corrected chi connectivity index (χ1v) is 5.91. The molecule has 1 aromatic carbocycles. The van der Waals surface area contributed by atoms with E-state index in [1.807, 2.05) is 30.3 Å². The van der Waals surface area contributed by atoms with Crippen molar-refractivity contribution >= 4 is 17.8 Å². The predicted octanol–water partition coefficient (Wildman–Crippen LogP) is 2.33. The molecule has 4 nitrogen and oxygen atoms in total. The number of hydrogen-bond acceptors (Lipinski definition) is 3. The largest absolute Gasteiger partial charge is 0.295 e. The molecule has 1 rings (SSSR count). The van der Waals surface area contributed by atoms with Crippen molar-refractivity contribution in [2.24, 2.45) is 0 Å². The lowest BCUT2D eigenvalue weighted by Gasteiger charge is -1.97. The Labute approximate surface area is 106 Å². The fourth-order valence-electron chi connectivity index (χ4n) is 1.48. The maximum Gasteiger partial charge on any atom is 0.243 e. The van der Waals surface area contributed by atoms with Crippen LogP contribution in [0.4, 0.5) is 0 Å². The minimum atomic E-state index is -0.415. The van der Waals surface area contributed by atoms with Gasteiger partial charge in [-0.25, -0.2) is 5.48 Å². The molecular formula is C14H17NO3. The molecule has 96 valence electrons. The summed E-state index contributed by atoms with van der Waals surface area (Å²) in [5.41, 5.74) is 2.55. The molecule has 1 amide bonds. The Balaban J connectivity index is 2.22. The molecule has 0 aliphatic carbocycles. The van der Waals surface area contributed by atoms with Crippen LogP contribution < -0.4 is 5.48 Å². The van der Waals surface area contributed by atoms with Crippen LogP contribution in [0.2, 0.25) is 0 Å².